The van der Waals surface area contributed by atoms with E-state index in [1.807, 2.05) is 32.1 Å². The number of carbonyl (C=O) groups excluding carboxylic acids is 2. The summed E-state index contributed by atoms with van der Waals surface area (Å²) in [5.74, 6) is -0.946. The first kappa shape index (κ1) is 28.9. The van der Waals surface area contributed by atoms with Gasteiger partial charge >= 0.3 is 0 Å². The minimum atomic E-state index is -1.08. The van der Waals surface area contributed by atoms with Gasteiger partial charge < -0.3 is 10.2 Å². The SMILES string of the molecule is C=C(/C=C(C)\C(=C/C)c1cc2cnc(NC(=O)C3CC3F)cc2nc1C(=O)N(C)C)CCC.CCC. The summed E-state index contributed by atoms with van der Waals surface area (Å²) in [4.78, 5) is 35.6. The third-order valence-electron chi connectivity index (χ3n) is 5.60. The van der Waals surface area contributed by atoms with Crippen molar-refractivity contribution in [1.29, 1.82) is 0 Å². The zero-order valence-electron chi connectivity index (χ0n) is 22.6. The molecule has 2 aromatic heterocycles. The molecule has 0 bridgehead atoms. The van der Waals surface area contributed by atoms with Crippen LogP contribution in [0.2, 0.25) is 0 Å². The van der Waals surface area contributed by atoms with Gasteiger partial charge in [-0.2, -0.15) is 0 Å². The summed E-state index contributed by atoms with van der Waals surface area (Å²) in [7, 11) is 3.36. The lowest BCUT2D eigenvalue weighted by atomic mass is 9.94. The highest BCUT2D eigenvalue weighted by Crippen LogP contribution is 2.35. The molecule has 194 valence electrons. The molecule has 0 aromatic carbocycles. The molecule has 2 amide bonds. The summed E-state index contributed by atoms with van der Waals surface area (Å²) in [5.41, 5.74) is 4.45. The lowest BCUT2D eigenvalue weighted by molar-refractivity contribution is -0.117. The van der Waals surface area contributed by atoms with E-state index in [2.05, 4.69) is 42.6 Å². The van der Waals surface area contributed by atoms with Crippen molar-refractivity contribution in [2.45, 2.75) is 66.5 Å². The van der Waals surface area contributed by atoms with E-state index < -0.39 is 12.1 Å². The second kappa shape index (κ2) is 13.1. The lowest BCUT2D eigenvalue weighted by Gasteiger charge is -2.17. The molecule has 1 N–H and O–H groups in total. The first-order valence-corrected chi connectivity index (χ1v) is 12.6. The second-order valence-corrected chi connectivity index (χ2v) is 9.34. The van der Waals surface area contributed by atoms with Gasteiger partial charge in [0, 0.05) is 37.3 Å². The van der Waals surface area contributed by atoms with E-state index in [1.165, 1.54) is 11.3 Å². The van der Waals surface area contributed by atoms with Crippen LogP contribution >= 0.6 is 0 Å². The Labute approximate surface area is 214 Å². The number of anilines is 1. The number of hydrogen-bond donors (Lipinski definition) is 1. The normalized spacial score (nSPS) is 17.2. The predicted molar refractivity (Wildman–Crippen MR) is 147 cm³/mol. The van der Waals surface area contributed by atoms with E-state index in [4.69, 9.17) is 0 Å². The Morgan fingerprint density at radius 2 is 1.89 bits per heavy atom. The highest BCUT2D eigenvalue weighted by atomic mass is 19.1. The van der Waals surface area contributed by atoms with E-state index in [-0.39, 0.29) is 24.1 Å². The fourth-order valence-corrected chi connectivity index (χ4v) is 3.74. The summed E-state index contributed by atoms with van der Waals surface area (Å²) in [6, 6.07) is 3.51. The number of amides is 2. The minimum Gasteiger partial charge on any atom is -0.343 e. The molecule has 36 heavy (non-hydrogen) atoms. The number of carbonyl (C=O) groups is 2. The Bertz CT molecular complexity index is 1180. The number of fused-ring (bicyclic) bond motifs is 1. The van der Waals surface area contributed by atoms with Crippen LogP contribution in [0.15, 0.2) is 48.2 Å². The summed E-state index contributed by atoms with van der Waals surface area (Å²) in [6.07, 6.45) is 7.92. The largest absolute Gasteiger partial charge is 0.343 e. The molecule has 2 heterocycles. The first-order chi connectivity index (χ1) is 17.1. The zero-order chi connectivity index (χ0) is 27.0. The van der Waals surface area contributed by atoms with Gasteiger partial charge in [-0.15, -0.1) is 0 Å². The maximum Gasteiger partial charge on any atom is 0.272 e. The summed E-state index contributed by atoms with van der Waals surface area (Å²) in [5, 5.41) is 3.37. The van der Waals surface area contributed by atoms with Crippen LogP contribution in [0.25, 0.3) is 16.5 Å². The number of rotatable bonds is 8. The van der Waals surface area contributed by atoms with Crippen LogP contribution in [0.5, 0.6) is 0 Å². The molecule has 0 spiro atoms. The quantitative estimate of drug-likeness (QED) is 0.412. The van der Waals surface area contributed by atoms with E-state index in [9.17, 15) is 14.0 Å². The van der Waals surface area contributed by atoms with Gasteiger partial charge in [-0.25, -0.2) is 14.4 Å². The molecular weight excluding hydrogens is 455 g/mol. The van der Waals surface area contributed by atoms with Gasteiger partial charge in [-0.1, -0.05) is 57.9 Å². The zero-order valence-corrected chi connectivity index (χ0v) is 22.6. The highest BCUT2D eigenvalue weighted by Gasteiger charge is 2.43. The molecule has 0 saturated heterocycles. The maximum atomic E-state index is 13.2. The van der Waals surface area contributed by atoms with Crippen LogP contribution < -0.4 is 5.32 Å². The Morgan fingerprint density at radius 3 is 2.42 bits per heavy atom. The van der Waals surface area contributed by atoms with Crippen molar-refractivity contribution in [3.8, 4) is 0 Å². The molecule has 1 saturated carbocycles. The molecule has 0 radical (unpaired) electrons. The molecule has 7 heteroatoms. The third-order valence-corrected chi connectivity index (χ3v) is 5.60. The minimum absolute atomic E-state index is 0.230. The van der Waals surface area contributed by atoms with Crippen molar-refractivity contribution in [2.75, 3.05) is 19.4 Å². The van der Waals surface area contributed by atoms with Crippen LogP contribution in [-0.4, -0.2) is 46.9 Å². The molecule has 2 aromatic rings. The number of nitrogens with zero attached hydrogens (tertiary/aromatic N) is 3. The summed E-state index contributed by atoms with van der Waals surface area (Å²) >= 11 is 0. The van der Waals surface area contributed by atoms with Crippen LogP contribution in [0.3, 0.4) is 0 Å². The smallest absolute Gasteiger partial charge is 0.272 e. The molecule has 3 rings (SSSR count). The first-order valence-electron chi connectivity index (χ1n) is 12.6. The third kappa shape index (κ3) is 7.33. The van der Waals surface area contributed by atoms with Gasteiger partial charge in [-0.3, -0.25) is 9.59 Å². The molecule has 1 fully saturated rings. The van der Waals surface area contributed by atoms with Crippen LogP contribution in [-0.2, 0) is 4.79 Å². The van der Waals surface area contributed by atoms with E-state index in [0.717, 1.165) is 34.9 Å². The van der Waals surface area contributed by atoms with Crippen LogP contribution in [0.4, 0.5) is 10.2 Å². The predicted octanol–water partition coefficient (Wildman–Crippen LogP) is 6.75. The topological polar surface area (TPSA) is 75.2 Å². The van der Waals surface area contributed by atoms with Crippen molar-refractivity contribution < 1.29 is 14.0 Å². The standard InChI is InChI=1S/C26H31FN4O2.C3H8/c1-7-9-15(3)10-16(4)18(8-2)19-11-17-14-28-23(30-25(32)20-12-21(20)27)13-22(17)29-24(19)26(33)31(5)6;1-3-2/h8,10-11,13-14,20-21H,3,7,9,12H2,1-2,4-6H3,(H,28,30,32);3H2,1-2H3/b16-10-,18-8+;. The summed E-state index contributed by atoms with van der Waals surface area (Å²) < 4.78 is 13.2. The number of halogens is 1. The molecule has 0 aliphatic heterocycles. The average molecular weight is 495 g/mol. The highest BCUT2D eigenvalue weighted by molar-refractivity contribution is 6.02. The molecule has 1 aliphatic carbocycles. The summed E-state index contributed by atoms with van der Waals surface area (Å²) in [6.45, 7) is 14.4. The van der Waals surface area contributed by atoms with E-state index in [1.54, 1.807) is 26.4 Å². The number of pyridine rings is 2. The Morgan fingerprint density at radius 1 is 1.25 bits per heavy atom. The monoisotopic (exact) mass is 494 g/mol. The van der Waals surface area contributed by atoms with E-state index in [0.29, 0.717) is 16.8 Å². The number of hydrogen-bond acceptors (Lipinski definition) is 4. The van der Waals surface area contributed by atoms with Crippen molar-refractivity contribution in [3.63, 3.8) is 0 Å². The average Bonchev–Trinajstić information content (AvgIpc) is 3.56. The number of allylic oxidation sites excluding steroid dienone is 5. The Kier molecular flexibility index (Phi) is 10.5. The van der Waals surface area contributed by atoms with Crippen molar-refractivity contribution in [2.24, 2.45) is 5.92 Å². The number of alkyl halides is 1. The fraction of sp³-hybridized carbons (Fsp3) is 0.448. The maximum absolute atomic E-state index is 13.2. The van der Waals surface area contributed by atoms with Gasteiger partial charge in [0.15, 0.2) is 0 Å². The molecular formula is C29H39FN4O2. The molecule has 1 aliphatic rings. The van der Waals surface area contributed by atoms with Gasteiger partial charge in [0.2, 0.25) is 5.91 Å². The fourth-order valence-electron chi connectivity index (χ4n) is 3.74. The van der Waals surface area contributed by atoms with Crippen molar-refractivity contribution in [3.05, 3.63) is 59.5 Å². The Balaban J connectivity index is 0.00000145. The molecule has 6 nitrogen and oxygen atoms in total. The number of nitrogens with one attached hydrogen (secondary N) is 1. The molecule has 2 unspecified atom stereocenters. The Hall–Kier alpha value is -3.35. The lowest BCUT2D eigenvalue weighted by Crippen LogP contribution is -2.24. The van der Waals surface area contributed by atoms with Gasteiger partial charge in [0.25, 0.3) is 5.91 Å². The van der Waals surface area contributed by atoms with E-state index >= 15 is 0 Å². The van der Waals surface area contributed by atoms with Gasteiger partial charge in [-0.05, 0) is 43.9 Å². The molecule has 2 atom stereocenters. The van der Waals surface area contributed by atoms with Gasteiger partial charge in [0.1, 0.15) is 17.7 Å². The number of aromatic nitrogens is 2. The van der Waals surface area contributed by atoms with Crippen molar-refractivity contribution in [1.82, 2.24) is 14.9 Å². The van der Waals surface area contributed by atoms with Gasteiger partial charge in [0.05, 0.1) is 11.4 Å². The second-order valence-electron chi connectivity index (χ2n) is 9.34. The van der Waals surface area contributed by atoms with Crippen LogP contribution in [0, 0.1) is 5.92 Å². The van der Waals surface area contributed by atoms with Crippen molar-refractivity contribution >= 4 is 34.1 Å². The van der Waals surface area contributed by atoms with Crippen LogP contribution in [0.1, 0.15) is 76.4 Å².